The van der Waals surface area contributed by atoms with Gasteiger partial charge in [-0.15, -0.1) is 0 Å². The number of rotatable bonds is 3. The molecule has 6 unspecified atom stereocenters. The first-order valence-electron chi connectivity index (χ1n) is 11.9. The summed E-state index contributed by atoms with van der Waals surface area (Å²) in [6.45, 7) is 2.24. The average molecular weight is 411 g/mol. The van der Waals surface area contributed by atoms with E-state index in [0.29, 0.717) is 24.0 Å². The number of ether oxygens (including phenoxy) is 2. The molecule has 8 aliphatic carbocycles. The van der Waals surface area contributed by atoms with Crippen molar-refractivity contribution in [1.29, 1.82) is 0 Å². The number of esters is 1. The van der Waals surface area contributed by atoms with Crippen molar-refractivity contribution in [3.8, 4) is 0 Å². The molecule has 8 saturated carbocycles. The first kappa shape index (κ1) is 18.2. The molecule has 6 atom stereocenters. The van der Waals surface area contributed by atoms with Gasteiger partial charge in [-0.25, -0.2) is 4.79 Å². The molecule has 0 amide bonds. The zero-order valence-electron chi connectivity index (χ0n) is 17.6. The van der Waals surface area contributed by atoms with Crippen molar-refractivity contribution in [1.82, 2.24) is 0 Å². The SMILES string of the molecule is CCOC(=O)c1cccc(C2CCC3(CC2)OOC2(O3)C3CC4CC5CC2(C4)C53)c1. The number of hydrogen-bond acceptors (Lipinski definition) is 5. The highest BCUT2D eigenvalue weighted by atomic mass is 17.3. The molecule has 1 heterocycles. The van der Waals surface area contributed by atoms with Gasteiger partial charge in [-0.05, 0) is 86.8 Å². The maximum absolute atomic E-state index is 12.1. The zero-order valence-corrected chi connectivity index (χ0v) is 17.6. The monoisotopic (exact) mass is 410 g/mol. The molecule has 1 aromatic rings. The largest absolute Gasteiger partial charge is 0.462 e. The van der Waals surface area contributed by atoms with Gasteiger partial charge >= 0.3 is 5.97 Å². The Hall–Kier alpha value is -1.43. The van der Waals surface area contributed by atoms with Gasteiger partial charge in [-0.3, -0.25) is 0 Å². The summed E-state index contributed by atoms with van der Waals surface area (Å²) in [5.41, 5.74) is 2.11. The molecule has 5 heteroatoms. The van der Waals surface area contributed by atoms with Gasteiger partial charge in [0, 0.05) is 24.2 Å². The van der Waals surface area contributed by atoms with Crippen molar-refractivity contribution in [2.75, 3.05) is 6.61 Å². The Balaban J connectivity index is 1.06. The molecule has 5 nitrogen and oxygen atoms in total. The first-order valence-corrected chi connectivity index (χ1v) is 11.9. The second-order valence-electron chi connectivity index (χ2n) is 10.8. The van der Waals surface area contributed by atoms with Crippen LogP contribution >= 0.6 is 0 Å². The third-order valence-electron chi connectivity index (χ3n) is 9.54. The molecule has 160 valence electrons. The van der Waals surface area contributed by atoms with E-state index in [9.17, 15) is 4.79 Å². The maximum atomic E-state index is 12.1. The Labute approximate surface area is 177 Å². The summed E-state index contributed by atoms with van der Waals surface area (Å²) in [6, 6.07) is 7.92. The fourth-order valence-corrected chi connectivity index (χ4v) is 8.56. The third kappa shape index (κ3) is 2.07. The lowest BCUT2D eigenvalue weighted by Gasteiger charge is -2.82. The Morgan fingerprint density at radius 2 is 2.03 bits per heavy atom. The molecule has 0 aromatic heterocycles. The van der Waals surface area contributed by atoms with Crippen LogP contribution in [0.4, 0.5) is 0 Å². The van der Waals surface area contributed by atoms with E-state index < -0.39 is 11.6 Å². The van der Waals surface area contributed by atoms with Crippen LogP contribution in [-0.4, -0.2) is 24.2 Å². The van der Waals surface area contributed by atoms with Gasteiger partial charge in [-0.2, -0.15) is 9.78 Å². The minimum absolute atomic E-state index is 0.242. The lowest BCUT2D eigenvalue weighted by molar-refractivity contribution is -0.504. The third-order valence-corrected chi connectivity index (χ3v) is 9.54. The predicted octanol–water partition coefficient (Wildman–Crippen LogP) is 4.96. The summed E-state index contributed by atoms with van der Waals surface area (Å²) in [7, 11) is 0. The van der Waals surface area contributed by atoms with Gasteiger partial charge in [0.25, 0.3) is 0 Å². The highest BCUT2D eigenvalue weighted by molar-refractivity contribution is 5.89. The molecule has 3 spiro atoms. The van der Waals surface area contributed by atoms with Gasteiger partial charge in [0.05, 0.1) is 12.2 Å². The predicted molar refractivity (Wildman–Crippen MR) is 107 cm³/mol. The van der Waals surface area contributed by atoms with Gasteiger partial charge in [0.2, 0.25) is 11.6 Å². The standard InChI is InChI=1S/C25H30O5/c1-2-27-22(26)18-5-3-4-17(12-18)16-6-8-24(9-7-16)28-25(30-29-24)20-11-15-10-19-14-23(25,13-15)21(19)20/h3-5,12,15-16,19-21H,2,6-11,13-14H2,1H3. The summed E-state index contributed by atoms with van der Waals surface area (Å²) >= 11 is 0. The van der Waals surface area contributed by atoms with Crippen molar-refractivity contribution < 1.29 is 24.0 Å². The first-order chi connectivity index (χ1) is 14.6. The molecule has 10 rings (SSSR count). The van der Waals surface area contributed by atoms with E-state index in [-0.39, 0.29) is 11.4 Å². The summed E-state index contributed by atoms with van der Waals surface area (Å²) in [5, 5.41) is 0. The van der Waals surface area contributed by atoms with Crippen molar-refractivity contribution in [2.24, 2.45) is 29.1 Å². The normalized spacial score (nSPS) is 49.7. The van der Waals surface area contributed by atoms with Crippen molar-refractivity contribution in [2.45, 2.75) is 75.8 Å². The molecule has 5 bridgehead atoms. The maximum Gasteiger partial charge on any atom is 0.338 e. The van der Waals surface area contributed by atoms with Crippen molar-refractivity contribution in [3.05, 3.63) is 35.4 Å². The quantitative estimate of drug-likeness (QED) is 0.521. The second-order valence-corrected chi connectivity index (χ2v) is 10.8. The molecular weight excluding hydrogens is 380 g/mol. The Morgan fingerprint density at radius 3 is 2.77 bits per heavy atom. The fourth-order valence-electron chi connectivity index (χ4n) is 8.56. The molecule has 0 radical (unpaired) electrons. The van der Waals surface area contributed by atoms with E-state index in [2.05, 4.69) is 6.07 Å². The molecule has 9 fully saturated rings. The Bertz CT molecular complexity index is 903. The molecule has 30 heavy (non-hydrogen) atoms. The van der Waals surface area contributed by atoms with Crippen LogP contribution in [0.2, 0.25) is 0 Å². The summed E-state index contributed by atoms with van der Waals surface area (Å²) in [4.78, 5) is 24.3. The van der Waals surface area contributed by atoms with Crippen LogP contribution in [0.3, 0.4) is 0 Å². The summed E-state index contributed by atoms with van der Waals surface area (Å²) in [5.74, 6) is 2.38. The van der Waals surface area contributed by atoms with Crippen LogP contribution in [0.1, 0.15) is 80.1 Å². The smallest absolute Gasteiger partial charge is 0.338 e. The topological polar surface area (TPSA) is 54.0 Å². The van der Waals surface area contributed by atoms with Gasteiger partial charge in [0.1, 0.15) is 0 Å². The van der Waals surface area contributed by atoms with Gasteiger partial charge in [-0.1, -0.05) is 12.1 Å². The molecule has 1 aliphatic heterocycles. The Kier molecular flexibility index (Phi) is 3.56. The molecule has 1 saturated heterocycles. The van der Waals surface area contributed by atoms with E-state index in [0.717, 1.165) is 43.4 Å². The van der Waals surface area contributed by atoms with E-state index in [1.807, 2.05) is 25.1 Å². The van der Waals surface area contributed by atoms with Crippen LogP contribution in [0.5, 0.6) is 0 Å². The number of hydrogen-bond donors (Lipinski definition) is 0. The minimum atomic E-state index is -0.567. The second kappa shape index (κ2) is 5.87. The minimum Gasteiger partial charge on any atom is -0.462 e. The molecule has 1 aromatic carbocycles. The average Bonchev–Trinajstić information content (AvgIpc) is 3.15. The van der Waals surface area contributed by atoms with Crippen LogP contribution in [0.15, 0.2) is 24.3 Å². The number of carbonyl (C=O) groups excluding carboxylic acids is 1. The molecular formula is C25H30O5. The molecule has 9 aliphatic rings. The van der Waals surface area contributed by atoms with Crippen molar-refractivity contribution >= 4 is 5.97 Å². The van der Waals surface area contributed by atoms with Crippen LogP contribution in [0, 0.1) is 29.1 Å². The summed E-state index contributed by atoms with van der Waals surface area (Å²) < 4.78 is 12.0. The lowest BCUT2D eigenvalue weighted by Crippen LogP contribution is -2.84. The zero-order chi connectivity index (χ0) is 20.1. The number of carbonyl (C=O) groups is 1. The highest BCUT2D eigenvalue weighted by Crippen LogP contribution is 2.85. The van der Waals surface area contributed by atoms with E-state index >= 15 is 0 Å². The van der Waals surface area contributed by atoms with Crippen molar-refractivity contribution in [3.63, 3.8) is 0 Å². The van der Waals surface area contributed by atoms with Gasteiger partial charge in [0.15, 0.2) is 0 Å². The van der Waals surface area contributed by atoms with E-state index in [1.54, 1.807) is 0 Å². The van der Waals surface area contributed by atoms with Crippen LogP contribution in [0.25, 0.3) is 0 Å². The van der Waals surface area contributed by atoms with E-state index in [4.69, 9.17) is 19.2 Å². The van der Waals surface area contributed by atoms with Crippen LogP contribution < -0.4 is 0 Å². The highest BCUT2D eigenvalue weighted by Gasteiger charge is 2.88. The summed E-state index contributed by atoms with van der Waals surface area (Å²) in [6.07, 6.45) is 8.95. The van der Waals surface area contributed by atoms with E-state index in [1.165, 1.54) is 31.2 Å². The number of benzene rings is 1. The van der Waals surface area contributed by atoms with Gasteiger partial charge < -0.3 is 9.47 Å². The lowest BCUT2D eigenvalue weighted by atomic mass is 9.25. The molecule has 0 N–H and O–H groups in total. The fraction of sp³-hybridized carbons (Fsp3) is 0.720. The Morgan fingerprint density at radius 1 is 1.17 bits per heavy atom. The van der Waals surface area contributed by atoms with Crippen LogP contribution in [-0.2, 0) is 19.2 Å².